The maximum Gasteiger partial charge on any atom is 0.257 e. The van der Waals surface area contributed by atoms with Crippen molar-refractivity contribution in [2.24, 2.45) is 5.92 Å². The first-order chi connectivity index (χ1) is 14.5. The van der Waals surface area contributed by atoms with Crippen LogP contribution >= 0.6 is 0 Å². The number of amides is 2. The molecule has 3 atom stereocenters. The number of sulfonamides is 1. The molecule has 2 rings (SSSR count). The van der Waals surface area contributed by atoms with E-state index >= 15 is 0 Å². The lowest BCUT2D eigenvalue weighted by molar-refractivity contribution is -0.135. The summed E-state index contributed by atoms with van der Waals surface area (Å²) < 4.78 is 37.2. The Labute approximate surface area is 184 Å². The number of anilines is 1. The van der Waals surface area contributed by atoms with Crippen LogP contribution in [0.4, 0.5) is 5.69 Å². The Balaban J connectivity index is 2.48. The summed E-state index contributed by atoms with van der Waals surface area (Å²) in [5, 5.41) is 0. The van der Waals surface area contributed by atoms with Gasteiger partial charge in [-0.3, -0.25) is 14.3 Å². The Bertz CT molecular complexity index is 904. The molecule has 0 unspecified atom stereocenters. The molecule has 1 aliphatic rings. The molecule has 0 fully saturated rings. The number of fused-ring (bicyclic) bond motifs is 1. The highest BCUT2D eigenvalue weighted by molar-refractivity contribution is 7.92. The highest BCUT2D eigenvalue weighted by atomic mass is 32.2. The van der Waals surface area contributed by atoms with Crippen molar-refractivity contribution in [2.45, 2.75) is 39.3 Å². The van der Waals surface area contributed by atoms with Crippen molar-refractivity contribution in [3.05, 3.63) is 23.8 Å². The van der Waals surface area contributed by atoms with E-state index in [0.717, 1.165) is 6.26 Å². The Morgan fingerprint density at radius 2 is 1.97 bits per heavy atom. The minimum atomic E-state index is -3.49. The average molecular weight is 456 g/mol. The van der Waals surface area contributed by atoms with E-state index in [0.29, 0.717) is 30.8 Å². The topological polar surface area (TPSA) is 105 Å². The molecule has 0 aromatic heterocycles. The Kier molecular flexibility index (Phi) is 8.30. The van der Waals surface area contributed by atoms with Crippen molar-refractivity contribution >= 4 is 27.5 Å². The van der Waals surface area contributed by atoms with Crippen molar-refractivity contribution in [1.29, 1.82) is 0 Å². The number of ether oxygens (including phenoxy) is 2. The van der Waals surface area contributed by atoms with Gasteiger partial charge in [-0.15, -0.1) is 0 Å². The minimum absolute atomic E-state index is 0.00145. The van der Waals surface area contributed by atoms with Gasteiger partial charge in [-0.2, -0.15) is 0 Å². The van der Waals surface area contributed by atoms with Gasteiger partial charge in [0.15, 0.2) is 0 Å². The number of carbonyl (C=O) groups excluding carboxylic acids is 2. The molecule has 0 bridgehead atoms. The fraction of sp³-hybridized carbons (Fsp3) is 0.619. The molecule has 31 heavy (non-hydrogen) atoms. The first-order valence-corrected chi connectivity index (χ1v) is 12.2. The van der Waals surface area contributed by atoms with Gasteiger partial charge in [0.25, 0.3) is 5.91 Å². The van der Waals surface area contributed by atoms with Crippen LogP contribution in [-0.2, 0) is 19.6 Å². The molecule has 1 aromatic carbocycles. The van der Waals surface area contributed by atoms with E-state index in [-0.39, 0.29) is 42.2 Å². The second kappa shape index (κ2) is 10.3. The number of benzene rings is 1. The molecular formula is C21H33N3O6S. The zero-order valence-electron chi connectivity index (χ0n) is 19.0. The molecule has 0 saturated heterocycles. The van der Waals surface area contributed by atoms with Crippen LogP contribution in [0.25, 0.3) is 0 Å². The molecule has 1 aromatic rings. The van der Waals surface area contributed by atoms with Crippen LogP contribution < -0.4 is 9.46 Å². The molecule has 174 valence electrons. The third kappa shape index (κ3) is 6.57. The summed E-state index contributed by atoms with van der Waals surface area (Å²) in [6.07, 6.45) is 1.16. The quantitative estimate of drug-likeness (QED) is 0.742. The van der Waals surface area contributed by atoms with Crippen LogP contribution in [0, 0.1) is 5.92 Å². The number of nitrogens with one attached hydrogen (secondary N) is 1. The number of likely N-dealkylation sites (N-methyl/N-ethyl adjacent to an activating group) is 1. The normalized spacial score (nSPS) is 23.3. The van der Waals surface area contributed by atoms with Crippen LogP contribution in [0.1, 0.15) is 37.6 Å². The third-order valence-corrected chi connectivity index (χ3v) is 5.98. The van der Waals surface area contributed by atoms with Crippen molar-refractivity contribution < 1.29 is 27.5 Å². The lowest BCUT2D eigenvalue weighted by atomic mass is 10.0. The zero-order valence-corrected chi connectivity index (χ0v) is 19.9. The lowest BCUT2D eigenvalue weighted by Gasteiger charge is -2.36. The number of methoxy groups -OCH3 is 1. The highest BCUT2D eigenvalue weighted by Gasteiger charge is 2.29. The van der Waals surface area contributed by atoms with E-state index in [1.807, 2.05) is 20.8 Å². The molecule has 1 N–H and O–H groups in total. The first kappa shape index (κ1) is 24.9. The van der Waals surface area contributed by atoms with E-state index in [4.69, 9.17) is 9.47 Å². The Morgan fingerprint density at radius 1 is 1.29 bits per heavy atom. The number of nitrogens with zero attached hydrogens (tertiary/aromatic N) is 2. The van der Waals surface area contributed by atoms with Gasteiger partial charge in [0, 0.05) is 45.7 Å². The predicted octanol–water partition coefficient (Wildman–Crippen LogP) is 1.80. The summed E-state index contributed by atoms with van der Waals surface area (Å²) in [5.41, 5.74) is 0.603. The fourth-order valence-electron chi connectivity index (χ4n) is 3.60. The van der Waals surface area contributed by atoms with Crippen molar-refractivity contribution in [3.63, 3.8) is 0 Å². The summed E-state index contributed by atoms with van der Waals surface area (Å²) in [6.45, 7) is 6.67. The van der Waals surface area contributed by atoms with Gasteiger partial charge >= 0.3 is 0 Å². The smallest absolute Gasteiger partial charge is 0.257 e. The van der Waals surface area contributed by atoms with Gasteiger partial charge in [0.05, 0.1) is 29.7 Å². The summed E-state index contributed by atoms with van der Waals surface area (Å²) in [4.78, 5) is 29.0. The van der Waals surface area contributed by atoms with Crippen molar-refractivity contribution in [2.75, 3.05) is 44.8 Å². The maximum absolute atomic E-state index is 13.1. The number of rotatable bonds is 4. The molecular weight excluding hydrogens is 422 g/mol. The average Bonchev–Trinajstić information content (AvgIpc) is 2.70. The molecule has 9 nitrogen and oxygen atoms in total. The van der Waals surface area contributed by atoms with Gasteiger partial charge in [-0.1, -0.05) is 13.8 Å². The summed E-state index contributed by atoms with van der Waals surface area (Å²) >= 11 is 0. The van der Waals surface area contributed by atoms with E-state index in [1.165, 1.54) is 18.2 Å². The maximum atomic E-state index is 13.1. The second-order valence-electron chi connectivity index (χ2n) is 8.08. The Hall–Kier alpha value is -2.33. The van der Waals surface area contributed by atoms with E-state index in [9.17, 15) is 18.0 Å². The van der Waals surface area contributed by atoms with Crippen LogP contribution in [-0.4, -0.2) is 82.3 Å². The number of hydrogen-bond acceptors (Lipinski definition) is 6. The molecule has 0 saturated carbocycles. The van der Waals surface area contributed by atoms with Crippen molar-refractivity contribution in [1.82, 2.24) is 9.80 Å². The zero-order chi connectivity index (χ0) is 23.3. The van der Waals surface area contributed by atoms with E-state index in [2.05, 4.69) is 4.72 Å². The van der Waals surface area contributed by atoms with Crippen LogP contribution in [0.2, 0.25) is 0 Å². The molecule has 0 radical (unpaired) electrons. The summed E-state index contributed by atoms with van der Waals surface area (Å²) in [7, 11) is -0.214. The standard InChI is InChI=1S/C21H33N3O6S/c1-7-20(25)24-11-14(2)19(29-5)12-23(4)21(26)17-9-8-16(22-31(6,27)28)10-18(17)30-13-15(24)3/h8-10,14-15,19,22H,7,11-13H2,1-6H3/t14-,15-,19-/m0/s1. The summed E-state index contributed by atoms with van der Waals surface area (Å²) in [6, 6.07) is 4.30. The van der Waals surface area contributed by atoms with E-state index in [1.54, 1.807) is 24.0 Å². The molecule has 0 spiro atoms. The monoisotopic (exact) mass is 455 g/mol. The van der Waals surface area contributed by atoms with Crippen LogP contribution in [0.15, 0.2) is 18.2 Å². The van der Waals surface area contributed by atoms with Gasteiger partial charge in [-0.25, -0.2) is 8.42 Å². The molecule has 0 aliphatic carbocycles. The van der Waals surface area contributed by atoms with Crippen LogP contribution in [0.3, 0.4) is 0 Å². The van der Waals surface area contributed by atoms with Crippen molar-refractivity contribution in [3.8, 4) is 5.75 Å². The van der Waals surface area contributed by atoms with Gasteiger partial charge < -0.3 is 19.3 Å². The Morgan fingerprint density at radius 3 is 2.55 bits per heavy atom. The lowest BCUT2D eigenvalue weighted by Crippen LogP contribution is -2.48. The predicted molar refractivity (Wildman–Crippen MR) is 119 cm³/mol. The van der Waals surface area contributed by atoms with Gasteiger partial charge in [0.1, 0.15) is 12.4 Å². The first-order valence-electron chi connectivity index (χ1n) is 10.3. The van der Waals surface area contributed by atoms with Gasteiger partial charge in [0.2, 0.25) is 15.9 Å². The molecule has 2 amide bonds. The fourth-order valence-corrected chi connectivity index (χ4v) is 4.16. The molecule has 10 heteroatoms. The number of carbonyl (C=O) groups is 2. The summed E-state index contributed by atoms with van der Waals surface area (Å²) in [5.74, 6) is -0.000784. The minimum Gasteiger partial charge on any atom is -0.491 e. The molecule has 1 heterocycles. The number of hydrogen-bond donors (Lipinski definition) is 1. The van der Waals surface area contributed by atoms with Crippen LogP contribution in [0.5, 0.6) is 5.75 Å². The highest BCUT2D eigenvalue weighted by Crippen LogP contribution is 2.27. The SMILES string of the molecule is CCC(=O)N1C[C@H](C)[C@@H](OC)CN(C)C(=O)c2ccc(NS(C)(=O)=O)cc2OC[C@@H]1C. The van der Waals surface area contributed by atoms with E-state index < -0.39 is 10.0 Å². The molecule has 1 aliphatic heterocycles. The van der Waals surface area contributed by atoms with Gasteiger partial charge in [-0.05, 0) is 19.1 Å². The largest absolute Gasteiger partial charge is 0.491 e. The second-order valence-corrected chi connectivity index (χ2v) is 9.83. The third-order valence-electron chi connectivity index (χ3n) is 5.37.